The molecule has 1 aromatic carbocycles. The smallest absolute Gasteiger partial charge is 0.279 e. The Balaban J connectivity index is 1.94. The molecule has 0 fully saturated rings. The number of hydrogen-bond acceptors (Lipinski definition) is 3. The maximum atomic E-state index is 12.4. The van der Waals surface area contributed by atoms with Gasteiger partial charge in [0.1, 0.15) is 6.54 Å². The van der Waals surface area contributed by atoms with E-state index in [0.29, 0.717) is 37.4 Å². The van der Waals surface area contributed by atoms with E-state index in [4.69, 9.17) is 4.42 Å². The monoisotopic (exact) mass is 344 g/mol. The number of benzene rings is 1. The van der Waals surface area contributed by atoms with Gasteiger partial charge in [-0.1, -0.05) is 6.07 Å². The van der Waals surface area contributed by atoms with Gasteiger partial charge in [-0.15, -0.1) is 0 Å². The van der Waals surface area contributed by atoms with Crippen molar-refractivity contribution in [2.24, 2.45) is 0 Å². The van der Waals surface area contributed by atoms with Crippen molar-refractivity contribution in [1.29, 1.82) is 0 Å². The quantitative estimate of drug-likeness (QED) is 0.761. The first kappa shape index (κ1) is 18.7. The van der Waals surface area contributed by atoms with Gasteiger partial charge in [0.15, 0.2) is 12.3 Å². The summed E-state index contributed by atoms with van der Waals surface area (Å²) in [4.78, 5) is 27.4. The first-order valence-corrected chi connectivity index (χ1v) is 8.56. The van der Waals surface area contributed by atoms with Crippen LogP contribution in [0.5, 0.6) is 0 Å². The molecule has 1 heterocycles. The van der Waals surface area contributed by atoms with E-state index in [1.54, 1.807) is 35.4 Å². The summed E-state index contributed by atoms with van der Waals surface area (Å²) in [5, 5.41) is 2.86. The van der Waals surface area contributed by atoms with E-state index < -0.39 is 0 Å². The maximum Gasteiger partial charge on any atom is 0.279 e. The van der Waals surface area contributed by atoms with Gasteiger partial charge in [0.05, 0.1) is 13.3 Å². The molecule has 2 N–H and O–H groups in total. The lowest BCUT2D eigenvalue weighted by molar-refractivity contribution is -0.886. The molecule has 1 unspecified atom stereocenters. The molecule has 0 spiro atoms. The summed E-state index contributed by atoms with van der Waals surface area (Å²) in [5.41, 5.74) is 1.21. The predicted molar refractivity (Wildman–Crippen MR) is 96.5 cm³/mol. The van der Waals surface area contributed by atoms with E-state index in [9.17, 15) is 9.59 Å². The topological polar surface area (TPSA) is 67.0 Å². The number of furan rings is 1. The SMILES string of the molecule is CCN(CC)C(=O)c1cccc(NC(=O)C[NH+](C)Cc2ccco2)c1. The average molecular weight is 344 g/mol. The Morgan fingerprint density at radius 1 is 1.16 bits per heavy atom. The second-order valence-corrected chi connectivity index (χ2v) is 6.00. The first-order valence-electron chi connectivity index (χ1n) is 8.56. The number of carbonyl (C=O) groups is 2. The Morgan fingerprint density at radius 3 is 2.56 bits per heavy atom. The van der Waals surface area contributed by atoms with Gasteiger partial charge in [-0.2, -0.15) is 0 Å². The van der Waals surface area contributed by atoms with E-state index in [-0.39, 0.29) is 11.8 Å². The third kappa shape index (κ3) is 5.46. The highest BCUT2D eigenvalue weighted by atomic mass is 16.3. The number of likely N-dealkylation sites (N-methyl/N-ethyl adjacent to an activating group) is 1. The van der Waals surface area contributed by atoms with Gasteiger partial charge in [0.2, 0.25) is 0 Å². The van der Waals surface area contributed by atoms with Gasteiger partial charge in [-0.3, -0.25) is 9.59 Å². The highest BCUT2D eigenvalue weighted by Gasteiger charge is 2.15. The van der Waals surface area contributed by atoms with E-state index in [2.05, 4.69) is 5.32 Å². The summed E-state index contributed by atoms with van der Waals surface area (Å²) >= 11 is 0. The maximum absolute atomic E-state index is 12.4. The van der Waals surface area contributed by atoms with Crippen LogP contribution in [-0.2, 0) is 11.3 Å². The predicted octanol–water partition coefficient (Wildman–Crippen LogP) is 1.41. The molecule has 1 atom stereocenters. The molecular formula is C19H26N3O3+. The van der Waals surface area contributed by atoms with Crippen LogP contribution in [0.25, 0.3) is 0 Å². The summed E-state index contributed by atoms with van der Waals surface area (Å²) in [6.07, 6.45) is 1.63. The minimum atomic E-state index is -0.100. The van der Waals surface area contributed by atoms with Crippen LogP contribution >= 0.6 is 0 Å². The van der Waals surface area contributed by atoms with Crippen molar-refractivity contribution in [2.45, 2.75) is 20.4 Å². The Labute approximate surface area is 148 Å². The number of nitrogens with one attached hydrogen (secondary N) is 2. The molecule has 6 heteroatoms. The van der Waals surface area contributed by atoms with Crippen molar-refractivity contribution >= 4 is 17.5 Å². The zero-order valence-electron chi connectivity index (χ0n) is 15.0. The van der Waals surface area contributed by atoms with E-state index in [1.165, 1.54) is 0 Å². The number of amides is 2. The number of hydrogen-bond donors (Lipinski definition) is 2. The summed E-state index contributed by atoms with van der Waals surface area (Å²) in [7, 11) is 1.93. The molecule has 2 aromatic rings. The lowest BCUT2D eigenvalue weighted by Crippen LogP contribution is -3.08. The molecule has 134 valence electrons. The molecule has 0 aliphatic carbocycles. The van der Waals surface area contributed by atoms with Gasteiger partial charge in [0, 0.05) is 24.3 Å². The lowest BCUT2D eigenvalue weighted by Gasteiger charge is -2.19. The Hall–Kier alpha value is -2.60. The molecule has 2 rings (SSSR count). The number of quaternary nitrogens is 1. The molecule has 0 bridgehead atoms. The largest absolute Gasteiger partial charge is 0.463 e. The van der Waals surface area contributed by atoms with Crippen LogP contribution in [-0.4, -0.2) is 43.4 Å². The van der Waals surface area contributed by atoms with Crippen LogP contribution in [0.4, 0.5) is 5.69 Å². The van der Waals surface area contributed by atoms with Crippen molar-refractivity contribution in [3.05, 3.63) is 54.0 Å². The van der Waals surface area contributed by atoms with Gasteiger partial charge in [-0.25, -0.2) is 0 Å². The van der Waals surface area contributed by atoms with E-state index >= 15 is 0 Å². The molecule has 2 amide bonds. The second-order valence-electron chi connectivity index (χ2n) is 6.00. The lowest BCUT2D eigenvalue weighted by atomic mass is 10.1. The van der Waals surface area contributed by atoms with Crippen molar-refractivity contribution < 1.29 is 18.9 Å². The Kier molecular flexibility index (Phi) is 6.77. The van der Waals surface area contributed by atoms with Crippen molar-refractivity contribution in [3.63, 3.8) is 0 Å². The minimum Gasteiger partial charge on any atom is -0.463 e. The zero-order valence-corrected chi connectivity index (χ0v) is 15.0. The van der Waals surface area contributed by atoms with Gasteiger partial charge in [-0.05, 0) is 44.2 Å². The van der Waals surface area contributed by atoms with Crippen LogP contribution in [0.2, 0.25) is 0 Å². The first-order chi connectivity index (χ1) is 12.0. The zero-order chi connectivity index (χ0) is 18.2. The molecule has 0 radical (unpaired) electrons. The molecule has 25 heavy (non-hydrogen) atoms. The van der Waals surface area contributed by atoms with Gasteiger partial charge < -0.3 is 19.5 Å². The fourth-order valence-electron chi connectivity index (χ4n) is 2.68. The summed E-state index contributed by atoms with van der Waals surface area (Å²) in [5.74, 6) is 0.718. The molecule has 1 aromatic heterocycles. The summed E-state index contributed by atoms with van der Waals surface area (Å²) in [6.45, 7) is 6.17. The number of nitrogens with zero attached hydrogens (tertiary/aromatic N) is 1. The molecule has 6 nitrogen and oxygen atoms in total. The van der Waals surface area contributed by atoms with E-state index in [1.807, 2.05) is 33.0 Å². The molecule has 0 saturated carbocycles. The fourth-order valence-corrected chi connectivity index (χ4v) is 2.68. The number of carbonyl (C=O) groups excluding carboxylic acids is 2. The van der Waals surface area contributed by atoms with Gasteiger partial charge >= 0.3 is 0 Å². The van der Waals surface area contributed by atoms with Crippen molar-refractivity contribution in [1.82, 2.24) is 4.90 Å². The highest BCUT2D eigenvalue weighted by molar-refractivity contribution is 5.97. The standard InChI is InChI=1S/C19H25N3O3/c1-4-22(5-2)19(24)15-8-6-9-16(12-15)20-18(23)14-21(3)13-17-10-7-11-25-17/h6-12H,4-5,13-14H2,1-3H3,(H,20,23)/p+1. The average Bonchev–Trinajstić information content (AvgIpc) is 3.08. The third-order valence-corrected chi connectivity index (χ3v) is 3.96. The number of rotatable bonds is 8. The molecule has 0 saturated heterocycles. The van der Waals surface area contributed by atoms with Crippen LogP contribution in [0.3, 0.4) is 0 Å². The van der Waals surface area contributed by atoms with E-state index in [0.717, 1.165) is 10.7 Å². The Morgan fingerprint density at radius 2 is 1.92 bits per heavy atom. The normalized spacial score (nSPS) is 11.8. The fraction of sp³-hybridized carbons (Fsp3) is 0.368. The molecule has 0 aliphatic heterocycles. The van der Waals surface area contributed by atoms with Crippen LogP contribution in [0, 0.1) is 0 Å². The molecular weight excluding hydrogens is 318 g/mol. The van der Waals surface area contributed by atoms with Crippen LogP contribution in [0.15, 0.2) is 47.1 Å². The summed E-state index contributed by atoms with van der Waals surface area (Å²) in [6, 6.07) is 10.8. The van der Waals surface area contributed by atoms with Crippen LogP contribution < -0.4 is 10.2 Å². The number of anilines is 1. The van der Waals surface area contributed by atoms with Gasteiger partial charge in [0.25, 0.3) is 11.8 Å². The highest BCUT2D eigenvalue weighted by Crippen LogP contribution is 2.12. The summed E-state index contributed by atoms with van der Waals surface area (Å²) < 4.78 is 5.30. The second kappa shape index (κ2) is 9.03. The van der Waals surface area contributed by atoms with Crippen LogP contribution in [0.1, 0.15) is 30.0 Å². The molecule has 0 aliphatic rings. The minimum absolute atomic E-state index is 0.0262. The van der Waals surface area contributed by atoms with Crippen molar-refractivity contribution in [2.75, 3.05) is 32.0 Å². The van der Waals surface area contributed by atoms with Crippen molar-refractivity contribution in [3.8, 4) is 0 Å². The third-order valence-electron chi connectivity index (χ3n) is 3.96. The Bertz CT molecular complexity index is 694.